The van der Waals surface area contributed by atoms with Crippen molar-refractivity contribution in [3.63, 3.8) is 0 Å². The first-order chi connectivity index (χ1) is 10.6. The minimum atomic E-state index is 0.694. The van der Waals surface area contributed by atoms with Crippen LogP contribution in [0.4, 0.5) is 0 Å². The van der Waals surface area contributed by atoms with Crippen LogP contribution < -0.4 is 0 Å². The molecule has 4 rings (SSSR count). The minimum absolute atomic E-state index is 0.694. The van der Waals surface area contributed by atoms with Crippen LogP contribution >= 0.6 is 12.2 Å². The van der Waals surface area contributed by atoms with Gasteiger partial charge in [0.1, 0.15) is 5.76 Å². The summed E-state index contributed by atoms with van der Waals surface area (Å²) >= 11 is 5.30. The van der Waals surface area contributed by atoms with Crippen molar-refractivity contribution in [2.45, 2.75) is 13.8 Å². The zero-order valence-electron chi connectivity index (χ0n) is 12.5. The molecule has 3 heterocycles. The number of fused-ring (bicyclic) bond motifs is 3. The second-order valence-corrected chi connectivity index (χ2v) is 5.83. The number of nitrogens with zero attached hydrogens (tertiary/aromatic N) is 3. The molecule has 0 aliphatic carbocycles. The summed E-state index contributed by atoms with van der Waals surface area (Å²) in [4.78, 5) is 7.72. The molecule has 1 N–H and O–H groups in total. The Morgan fingerprint density at radius 3 is 2.82 bits per heavy atom. The van der Waals surface area contributed by atoms with Gasteiger partial charge in [0.25, 0.3) is 0 Å². The van der Waals surface area contributed by atoms with Crippen LogP contribution in [-0.2, 0) is 7.05 Å². The fourth-order valence-corrected chi connectivity index (χ4v) is 3.18. The molecule has 4 aromatic rings. The van der Waals surface area contributed by atoms with Gasteiger partial charge in [-0.2, -0.15) is 0 Å². The molecule has 0 radical (unpaired) electrons. The molecular weight excluding hydrogens is 296 g/mol. The first-order valence-corrected chi connectivity index (χ1v) is 7.38. The summed E-state index contributed by atoms with van der Waals surface area (Å²) in [6.45, 7) is 3.87. The second-order valence-electron chi connectivity index (χ2n) is 5.44. The Hall–Kier alpha value is -2.47. The van der Waals surface area contributed by atoms with Crippen molar-refractivity contribution in [2.24, 2.45) is 7.05 Å². The van der Waals surface area contributed by atoms with Crippen molar-refractivity contribution in [2.75, 3.05) is 0 Å². The van der Waals surface area contributed by atoms with E-state index in [9.17, 15) is 0 Å². The van der Waals surface area contributed by atoms with E-state index in [4.69, 9.17) is 16.7 Å². The maximum atomic E-state index is 5.30. The normalized spacial score (nSPS) is 11.6. The molecule has 3 aromatic heterocycles. The third-order valence-electron chi connectivity index (χ3n) is 4.04. The molecule has 0 atom stereocenters. The summed E-state index contributed by atoms with van der Waals surface area (Å²) in [6.07, 6.45) is 1.82. The third-order valence-corrected chi connectivity index (χ3v) is 4.42. The van der Waals surface area contributed by atoms with Crippen molar-refractivity contribution in [3.05, 3.63) is 40.6 Å². The smallest absolute Gasteiger partial charge is 0.177 e. The lowest BCUT2D eigenvalue weighted by molar-refractivity contribution is 0.393. The van der Waals surface area contributed by atoms with Gasteiger partial charge in [-0.25, -0.2) is 0 Å². The number of H-pyrrole nitrogens is 1. The molecule has 110 valence electrons. The number of imidazole rings is 1. The van der Waals surface area contributed by atoms with Crippen LogP contribution in [0.2, 0.25) is 0 Å². The highest BCUT2D eigenvalue weighted by molar-refractivity contribution is 7.71. The summed E-state index contributed by atoms with van der Waals surface area (Å²) in [7, 11) is 1.96. The summed E-state index contributed by atoms with van der Waals surface area (Å²) in [6, 6.07) is 6.22. The minimum Gasteiger partial charge on any atom is -0.361 e. The van der Waals surface area contributed by atoms with E-state index in [2.05, 4.69) is 33.3 Å². The van der Waals surface area contributed by atoms with Crippen LogP contribution in [0, 0.1) is 18.6 Å². The Morgan fingerprint density at radius 2 is 2.09 bits per heavy atom. The van der Waals surface area contributed by atoms with E-state index in [1.165, 1.54) is 0 Å². The lowest BCUT2D eigenvalue weighted by Crippen LogP contribution is -1.90. The van der Waals surface area contributed by atoms with Crippen LogP contribution in [0.3, 0.4) is 0 Å². The molecule has 22 heavy (non-hydrogen) atoms. The molecular formula is C16H14N4OS. The summed E-state index contributed by atoms with van der Waals surface area (Å²) in [5.41, 5.74) is 5.93. The van der Waals surface area contributed by atoms with Crippen molar-refractivity contribution >= 4 is 34.2 Å². The molecule has 0 amide bonds. The average molecular weight is 310 g/mol. The number of benzene rings is 1. The third kappa shape index (κ3) is 1.74. The van der Waals surface area contributed by atoms with Crippen LogP contribution in [0.15, 0.2) is 28.9 Å². The number of aromatic amines is 1. The quantitative estimate of drug-likeness (QED) is 0.539. The van der Waals surface area contributed by atoms with E-state index in [1.54, 1.807) is 0 Å². The number of hydrogen-bond acceptors (Lipinski definition) is 4. The fourth-order valence-electron chi connectivity index (χ4n) is 2.98. The average Bonchev–Trinajstić information content (AvgIpc) is 2.99. The maximum absolute atomic E-state index is 5.30. The largest absolute Gasteiger partial charge is 0.361 e. The van der Waals surface area contributed by atoms with Gasteiger partial charge in [-0.15, -0.1) is 0 Å². The number of hydrogen-bond donors (Lipinski definition) is 1. The number of nitrogens with one attached hydrogen (secondary N) is 1. The number of aromatic nitrogens is 4. The molecule has 0 bridgehead atoms. The second kappa shape index (κ2) is 4.51. The SMILES string of the molecule is Cc1noc(C)c1-c1ccc2c(c1)ncc1[nH]c(=S)n(C)c12. The number of rotatable bonds is 1. The highest BCUT2D eigenvalue weighted by Crippen LogP contribution is 2.31. The molecule has 0 spiro atoms. The highest BCUT2D eigenvalue weighted by atomic mass is 32.1. The maximum Gasteiger partial charge on any atom is 0.177 e. The Labute approximate surface area is 131 Å². The molecule has 0 unspecified atom stereocenters. The molecule has 5 nitrogen and oxygen atoms in total. The molecule has 0 saturated heterocycles. The lowest BCUT2D eigenvalue weighted by atomic mass is 10.0. The molecule has 1 aromatic carbocycles. The topological polar surface area (TPSA) is 59.6 Å². The van der Waals surface area contributed by atoms with E-state index in [0.29, 0.717) is 4.77 Å². The van der Waals surface area contributed by atoms with Crippen molar-refractivity contribution in [1.29, 1.82) is 0 Å². The standard InChI is InChI=1S/C16H14N4OS/c1-8-14(9(2)21-19-8)10-4-5-11-12(6-10)17-7-13-15(11)20(3)16(22)18-13/h4-7H,1-3H3,(H,18,22). The van der Waals surface area contributed by atoms with E-state index in [-0.39, 0.29) is 0 Å². The van der Waals surface area contributed by atoms with Crippen LogP contribution in [0.5, 0.6) is 0 Å². The molecule has 0 saturated carbocycles. The zero-order valence-corrected chi connectivity index (χ0v) is 13.3. The van der Waals surface area contributed by atoms with E-state index < -0.39 is 0 Å². The van der Waals surface area contributed by atoms with Gasteiger partial charge in [-0.3, -0.25) is 4.98 Å². The Bertz CT molecular complexity index is 1070. The van der Waals surface area contributed by atoms with Crippen LogP contribution in [0.25, 0.3) is 33.1 Å². The van der Waals surface area contributed by atoms with Gasteiger partial charge in [0.2, 0.25) is 0 Å². The number of pyridine rings is 1. The van der Waals surface area contributed by atoms with E-state index in [1.807, 2.05) is 31.7 Å². The van der Waals surface area contributed by atoms with Gasteiger partial charge in [-0.05, 0) is 37.7 Å². The Kier molecular flexibility index (Phi) is 2.71. The number of aryl methyl sites for hydroxylation is 3. The van der Waals surface area contributed by atoms with Crippen LogP contribution in [-0.4, -0.2) is 19.7 Å². The van der Waals surface area contributed by atoms with Gasteiger partial charge in [-0.1, -0.05) is 17.3 Å². The molecule has 0 fully saturated rings. The highest BCUT2D eigenvalue weighted by Gasteiger charge is 2.13. The van der Waals surface area contributed by atoms with E-state index >= 15 is 0 Å². The van der Waals surface area contributed by atoms with Gasteiger partial charge in [0.05, 0.1) is 28.4 Å². The first-order valence-electron chi connectivity index (χ1n) is 6.97. The summed E-state index contributed by atoms with van der Waals surface area (Å²) < 4.78 is 7.93. The zero-order chi connectivity index (χ0) is 15.4. The molecule has 0 aliphatic heterocycles. The summed E-state index contributed by atoms with van der Waals surface area (Å²) in [5.74, 6) is 0.818. The molecule has 0 aliphatic rings. The van der Waals surface area contributed by atoms with Crippen molar-refractivity contribution in [3.8, 4) is 11.1 Å². The van der Waals surface area contributed by atoms with E-state index in [0.717, 1.165) is 44.5 Å². The predicted octanol–water partition coefficient (Wildman–Crippen LogP) is 4.06. The molecule has 6 heteroatoms. The Morgan fingerprint density at radius 1 is 1.27 bits per heavy atom. The predicted molar refractivity (Wildman–Crippen MR) is 88.4 cm³/mol. The van der Waals surface area contributed by atoms with Gasteiger partial charge in [0.15, 0.2) is 4.77 Å². The lowest BCUT2D eigenvalue weighted by Gasteiger charge is -2.05. The van der Waals surface area contributed by atoms with Crippen LogP contribution in [0.1, 0.15) is 11.5 Å². The Balaban J connectivity index is 2.05. The summed E-state index contributed by atoms with van der Waals surface area (Å²) in [5, 5.41) is 5.09. The fraction of sp³-hybridized carbons (Fsp3) is 0.188. The van der Waals surface area contributed by atoms with Gasteiger partial charge in [0, 0.05) is 18.0 Å². The first kappa shape index (κ1) is 13.2. The van der Waals surface area contributed by atoms with Crippen molar-refractivity contribution in [1.82, 2.24) is 19.7 Å². The van der Waals surface area contributed by atoms with Crippen molar-refractivity contribution < 1.29 is 4.52 Å². The monoisotopic (exact) mass is 310 g/mol. The van der Waals surface area contributed by atoms with Gasteiger partial charge >= 0.3 is 0 Å². The van der Waals surface area contributed by atoms with Gasteiger partial charge < -0.3 is 14.1 Å².